The number of aliphatic hydroxyl groups is 1. The van der Waals surface area contributed by atoms with E-state index < -0.39 is 6.09 Å². The molecule has 1 aromatic rings. The van der Waals surface area contributed by atoms with Gasteiger partial charge >= 0.3 is 6.09 Å². The molecule has 0 bridgehead atoms. The van der Waals surface area contributed by atoms with Crippen LogP contribution in [0.25, 0.3) is 0 Å². The van der Waals surface area contributed by atoms with Gasteiger partial charge in [-0.15, -0.1) is 0 Å². The van der Waals surface area contributed by atoms with Crippen LogP contribution < -0.4 is 10.2 Å². The van der Waals surface area contributed by atoms with E-state index in [2.05, 4.69) is 34.5 Å². The molecule has 2 N–H and O–H groups in total. The number of nitrogens with zero attached hydrogens (tertiary/aromatic N) is 1. The van der Waals surface area contributed by atoms with Crippen LogP contribution >= 0.6 is 0 Å². The molecule has 2 rings (SSSR count). The Balaban J connectivity index is 1.66. The van der Waals surface area contributed by atoms with E-state index in [0.717, 1.165) is 25.9 Å². The third kappa shape index (κ3) is 3.86. The number of hydrogen-bond acceptors (Lipinski definition) is 4. The second kappa shape index (κ2) is 6.99. The molecule has 0 unspecified atom stereocenters. The first-order chi connectivity index (χ1) is 9.31. The number of benzene rings is 1. The van der Waals surface area contributed by atoms with Crippen LogP contribution in [0, 0.1) is 0 Å². The van der Waals surface area contributed by atoms with Crippen LogP contribution in [0.3, 0.4) is 0 Å². The van der Waals surface area contributed by atoms with Gasteiger partial charge in [-0.2, -0.15) is 0 Å². The van der Waals surface area contributed by atoms with E-state index in [-0.39, 0.29) is 13.2 Å². The fraction of sp³-hybridized carbons (Fsp3) is 0.500. The van der Waals surface area contributed by atoms with Gasteiger partial charge in [0.05, 0.1) is 6.61 Å². The summed E-state index contributed by atoms with van der Waals surface area (Å²) in [5.74, 6) is 0. The fourth-order valence-corrected chi connectivity index (χ4v) is 2.29. The van der Waals surface area contributed by atoms with Crippen molar-refractivity contribution in [2.24, 2.45) is 0 Å². The lowest BCUT2D eigenvalue weighted by molar-refractivity contribution is 0.119. The van der Waals surface area contributed by atoms with Gasteiger partial charge in [-0.3, -0.25) is 0 Å². The fourth-order valence-electron chi connectivity index (χ4n) is 2.29. The number of alkyl carbamates (subject to hydrolysis) is 1. The summed E-state index contributed by atoms with van der Waals surface area (Å²) >= 11 is 0. The minimum Gasteiger partial charge on any atom is -0.447 e. The van der Waals surface area contributed by atoms with Gasteiger partial charge < -0.3 is 20.1 Å². The number of carbonyl (C=O) groups excluding carboxylic acids is 1. The van der Waals surface area contributed by atoms with E-state index in [4.69, 9.17) is 9.84 Å². The topological polar surface area (TPSA) is 61.8 Å². The number of nitrogens with one attached hydrogen (secondary N) is 1. The van der Waals surface area contributed by atoms with Crippen molar-refractivity contribution in [1.29, 1.82) is 0 Å². The van der Waals surface area contributed by atoms with Crippen LogP contribution in [-0.2, 0) is 11.2 Å². The molecule has 1 aliphatic rings. The van der Waals surface area contributed by atoms with Gasteiger partial charge in [0.25, 0.3) is 0 Å². The molecule has 0 fully saturated rings. The molecule has 104 valence electrons. The predicted octanol–water partition coefficient (Wildman–Crippen LogP) is 1.16. The molecule has 0 atom stereocenters. The van der Waals surface area contributed by atoms with Gasteiger partial charge in [0.2, 0.25) is 0 Å². The normalized spacial score (nSPS) is 13.2. The zero-order chi connectivity index (χ0) is 13.5. The highest BCUT2D eigenvalue weighted by molar-refractivity contribution is 5.67. The predicted molar refractivity (Wildman–Crippen MR) is 73.4 cm³/mol. The number of ether oxygens (including phenoxy) is 1. The Kier molecular flexibility index (Phi) is 5.03. The van der Waals surface area contributed by atoms with E-state index in [9.17, 15) is 4.79 Å². The summed E-state index contributed by atoms with van der Waals surface area (Å²) in [5, 5.41) is 11.2. The quantitative estimate of drug-likeness (QED) is 0.757. The molecular formula is C14H20N2O3. The highest BCUT2D eigenvalue weighted by Crippen LogP contribution is 2.27. The Labute approximate surface area is 113 Å². The van der Waals surface area contributed by atoms with Crippen LogP contribution in [0.2, 0.25) is 0 Å². The molecule has 5 nitrogen and oxygen atoms in total. The monoisotopic (exact) mass is 264 g/mol. The minimum atomic E-state index is -0.462. The Bertz CT molecular complexity index is 423. The molecule has 5 heteroatoms. The maximum atomic E-state index is 11.1. The van der Waals surface area contributed by atoms with Crippen LogP contribution in [0.5, 0.6) is 0 Å². The summed E-state index contributed by atoms with van der Waals surface area (Å²) < 4.78 is 4.71. The Hall–Kier alpha value is -1.75. The summed E-state index contributed by atoms with van der Waals surface area (Å²) in [6.45, 7) is 2.47. The lowest BCUT2D eigenvalue weighted by Gasteiger charge is -2.19. The smallest absolute Gasteiger partial charge is 0.407 e. The summed E-state index contributed by atoms with van der Waals surface area (Å²) in [6, 6.07) is 8.44. The number of carbonyl (C=O) groups is 1. The van der Waals surface area contributed by atoms with Crippen molar-refractivity contribution in [3.63, 3.8) is 0 Å². The van der Waals surface area contributed by atoms with Gasteiger partial charge in [-0.25, -0.2) is 4.79 Å². The van der Waals surface area contributed by atoms with Crippen LogP contribution in [0.4, 0.5) is 10.5 Å². The maximum absolute atomic E-state index is 11.1. The number of amides is 1. The number of aliphatic hydroxyl groups excluding tert-OH is 1. The van der Waals surface area contributed by atoms with E-state index in [1.165, 1.54) is 11.3 Å². The van der Waals surface area contributed by atoms with E-state index in [1.54, 1.807) is 0 Å². The van der Waals surface area contributed by atoms with Crippen LogP contribution in [-0.4, -0.2) is 44.0 Å². The number of para-hydroxylation sites is 1. The third-order valence-electron chi connectivity index (χ3n) is 3.18. The molecular weight excluding hydrogens is 244 g/mol. The van der Waals surface area contributed by atoms with Crippen molar-refractivity contribution in [1.82, 2.24) is 5.32 Å². The van der Waals surface area contributed by atoms with Crippen molar-refractivity contribution < 1.29 is 14.6 Å². The van der Waals surface area contributed by atoms with Gasteiger partial charge in [0, 0.05) is 25.3 Å². The van der Waals surface area contributed by atoms with E-state index in [1.807, 2.05) is 0 Å². The second-order valence-electron chi connectivity index (χ2n) is 4.51. The highest BCUT2D eigenvalue weighted by atomic mass is 16.6. The summed E-state index contributed by atoms with van der Waals surface area (Å²) in [5.41, 5.74) is 2.71. The summed E-state index contributed by atoms with van der Waals surface area (Å²) in [4.78, 5) is 13.5. The third-order valence-corrected chi connectivity index (χ3v) is 3.18. The second-order valence-corrected chi connectivity index (χ2v) is 4.51. The minimum absolute atomic E-state index is 0.0470. The van der Waals surface area contributed by atoms with E-state index in [0.29, 0.717) is 6.54 Å². The average Bonchev–Trinajstić information content (AvgIpc) is 2.85. The first kappa shape index (κ1) is 13.7. The maximum Gasteiger partial charge on any atom is 0.407 e. The lowest BCUT2D eigenvalue weighted by atomic mass is 10.2. The largest absolute Gasteiger partial charge is 0.447 e. The van der Waals surface area contributed by atoms with Crippen LogP contribution in [0.15, 0.2) is 24.3 Å². The highest BCUT2D eigenvalue weighted by Gasteiger charge is 2.17. The molecule has 1 aromatic carbocycles. The zero-order valence-corrected chi connectivity index (χ0v) is 11.0. The number of hydrogen-bond donors (Lipinski definition) is 2. The van der Waals surface area contributed by atoms with E-state index >= 15 is 0 Å². The zero-order valence-electron chi connectivity index (χ0n) is 11.0. The lowest BCUT2D eigenvalue weighted by Crippen LogP contribution is -2.30. The van der Waals surface area contributed by atoms with Gasteiger partial charge in [-0.1, -0.05) is 18.2 Å². The molecule has 1 heterocycles. The molecule has 19 heavy (non-hydrogen) atoms. The number of rotatable bonds is 6. The first-order valence-corrected chi connectivity index (χ1v) is 6.65. The summed E-state index contributed by atoms with van der Waals surface area (Å²) in [7, 11) is 0. The summed E-state index contributed by atoms with van der Waals surface area (Å²) in [6.07, 6.45) is 1.51. The average molecular weight is 264 g/mol. The number of anilines is 1. The molecule has 0 spiro atoms. The van der Waals surface area contributed by atoms with Crippen molar-refractivity contribution in [2.45, 2.75) is 12.8 Å². The van der Waals surface area contributed by atoms with Crippen LogP contribution in [0.1, 0.15) is 12.0 Å². The van der Waals surface area contributed by atoms with Gasteiger partial charge in [-0.05, 0) is 24.5 Å². The molecule has 1 amide bonds. The molecule has 1 aliphatic heterocycles. The van der Waals surface area contributed by atoms with Crippen molar-refractivity contribution in [3.8, 4) is 0 Å². The molecule has 0 saturated heterocycles. The number of fused-ring (bicyclic) bond motifs is 1. The van der Waals surface area contributed by atoms with Crippen molar-refractivity contribution in [3.05, 3.63) is 29.8 Å². The SMILES string of the molecule is O=C(NCCCN1CCc2ccccc21)OCCO. The molecule has 0 aromatic heterocycles. The molecule has 0 aliphatic carbocycles. The standard InChI is InChI=1S/C14H20N2O3/c17-10-11-19-14(18)15-7-3-8-16-9-6-12-4-1-2-5-13(12)16/h1-2,4-5,17H,3,6-11H2,(H,15,18). The Morgan fingerprint density at radius 1 is 1.42 bits per heavy atom. The van der Waals surface area contributed by atoms with Crippen molar-refractivity contribution in [2.75, 3.05) is 37.7 Å². The van der Waals surface area contributed by atoms with Crippen molar-refractivity contribution >= 4 is 11.8 Å². The molecule has 0 radical (unpaired) electrons. The van der Waals surface area contributed by atoms with Gasteiger partial charge in [0.15, 0.2) is 0 Å². The molecule has 0 saturated carbocycles. The Morgan fingerprint density at radius 3 is 3.11 bits per heavy atom. The first-order valence-electron chi connectivity index (χ1n) is 6.65. The Morgan fingerprint density at radius 2 is 2.26 bits per heavy atom. The van der Waals surface area contributed by atoms with Gasteiger partial charge in [0.1, 0.15) is 6.61 Å².